The van der Waals surface area contributed by atoms with Gasteiger partial charge in [0, 0.05) is 24.9 Å². The zero-order chi connectivity index (χ0) is 23.7. The molecule has 2 heterocycles. The van der Waals surface area contributed by atoms with Gasteiger partial charge in [-0.05, 0) is 50.9 Å². The number of aldehydes is 1. The average Bonchev–Trinajstić information content (AvgIpc) is 3.22. The van der Waals surface area contributed by atoms with Crippen molar-refractivity contribution in [3.8, 4) is 0 Å². The van der Waals surface area contributed by atoms with Crippen molar-refractivity contribution in [2.45, 2.75) is 59.3 Å². The molecule has 0 saturated carbocycles. The summed E-state index contributed by atoms with van der Waals surface area (Å²) < 4.78 is 12.3. The number of rotatable bonds is 9. The second-order valence-corrected chi connectivity index (χ2v) is 8.41. The molecule has 0 bridgehead atoms. The average molecular weight is 441 g/mol. The van der Waals surface area contributed by atoms with Crippen molar-refractivity contribution in [3.05, 3.63) is 64.9 Å². The molecule has 0 unspecified atom stereocenters. The van der Waals surface area contributed by atoms with Gasteiger partial charge in [-0.15, -0.1) is 0 Å². The minimum absolute atomic E-state index is 0.0161. The number of nitrogens with one attached hydrogen (secondary N) is 1. The summed E-state index contributed by atoms with van der Waals surface area (Å²) in [5, 5.41) is 3.30. The molecule has 0 radical (unpaired) electrons. The third kappa shape index (κ3) is 6.45. The quantitative estimate of drug-likeness (QED) is 0.494. The fourth-order valence-electron chi connectivity index (χ4n) is 3.12. The van der Waals surface area contributed by atoms with Gasteiger partial charge in [0.05, 0.1) is 18.9 Å². The van der Waals surface area contributed by atoms with Gasteiger partial charge < -0.3 is 14.8 Å². The monoisotopic (exact) mass is 440 g/mol. The van der Waals surface area contributed by atoms with E-state index in [0.29, 0.717) is 30.5 Å². The van der Waals surface area contributed by atoms with Crippen LogP contribution in [0.4, 0.5) is 0 Å². The summed E-state index contributed by atoms with van der Waals surface area (Å²) in [4.78, 5) is 19.4. The second-order valence-electron chi connectivity index (χ2n) is 8.41. The highest BCUT2D eigenvalue weighted by atomic mass is 16.5. The molecule has 0 atom stereocenters. The predicted molar refractivity (Wildman–Crippen MR) is 127 cm³/mol. The van der Waals surface area contributed by atoms with Crippen molar-refractivity contribution < 1.29 is 14.3 Å². The number of hydrogen-bond donors (Lipinski definition) is 1. The summed E-state index contributed by atoms with van der Waals surface area (Å²) in [5.41, 5.74) is 5.39. The van der Waals surface area contributed by atoms with Crippen molar-refractivity contribution in [2.75, 3.05) is 20.8 Å². The number of aromatic nitrogens is 3. The molecule has 3 rings (SSSR count). The third-order valence-electron chi connectivity index (χ3n) is 5.37. The van der Waals surface area contributed by atoms with Crippen LogP contribution in [0.15, 0.2) is 36.7 Å². The third-order valence-corrected chi connectivity index (χ3v) is 5.37. The normalized spacial score (nSPS) is 11.5. The van der Waals surface area contributed by atoms with E-state index in [-0.39, 0.29) is 5.54 Å². The van der Waals surface area contributed by atoms with E-state index in [1.54, 1.807) is 17.8 Å². The standard InChI is InChI=1S/C13H21NO.C12H15N3O2/c1-5-15-10-11-7-6-8-12(9-11)13(2,3)14-4;1-8(2)10-4-9(6-17-3)15-7-13-11(5-16)12(15)14-10/h6-9,14H,5,10H2,1-4H3;4-5,7-8H,6H2,1-3H3. The number of carbonyl (C=O) groups excluding carboxylic acids is 1. The molecule has 0 aliphatic heterocycles. The maximum atomic E-state index is 10.9. The van der Waals surface area contributed by atoms with E-state index in [0.717, 1.165) is 24.3 Å². The lowest BCUT2D eigenvalue weighted by atomic mass is 9.93. The van der Waals surface area contributed by atoms with Crippen LogP contribution in [0.3, 0.4) is 0 Å². The SMILES string of the molecule is CCOCc1cccc(C(C)(C)NC)c1.COCc1cc(C(C)C)nc2c(C=O)ncn12. The minimum Gasteiger partial charge on any atom is -0.378 e. The van der Waals surface area contributed by atoms with Crippen LogP contribution in [0.2, 0.25) is 0 Å². The highest BCUT2D eigenvalue weighted by Crippen LogP contribution is 2.21. The molecule has 2 aromatic heterocycles. The summed E-state index contributed by atoms with van der Waals surface area (Å²) in [6, 6.07) is 10.5. The number of nitrogens with zero attached hydrogens (tertiary/aromatic N) is 3. The van der Waals surface area contributed by atoms with E-state index in [1.807, 2.05) is 20.0 Å². The molecule has 7 nitrogen and oxygen atoms in total. The Kier molecular flexibility index (Phi) is 9.50. The van der Waals surface area contributed by atoms with Crippen LogP contribution in [0.25, 0.3) is 5.65 Å². The largest absolute Gasteiger partial charge is 0.378 e. The Morgan fingerprint density at radius 3 is 2.56 bits per heavy atom. The van der Waals surface area contributed by atoms with Gasteiger partial charge >= 0.3 is 0 Å². The number of imidazole rings is 1. The molecule has 7 heteroatoms. The minimum atomic E-state index is 0.0161. The Morgan fingerprint density at radius 2 is 1.97 bits per heavy atom. The Bertz CT molecular complexity index is 1010. The summed E-state index contributed by atoms with van der Waals surface area (Å²) in [6.45, 7) is 12.4. The maximum absolute atomic E-state index is 10.9. The highest BCUT2D eigenvalue weighted by molar-refractivity contribution is 5.81. The molecule has 0 fully saturated rings. The smallest absolute Gasteiger partial charge is 0.172 e. The fourth-order valence-corrected chi connectivity index (χ4v) is 3.12. The number of carbonyl (C=O) groups is 1. The van der Waals surface area contributed by atoms with Gasteiger partial charge in [-0.1, -0.05) is 38.1 Å². The number of benzene rings is 1. The van der Waals surface area contributed by atoms with Gasteiger partial charge in [-0.3, -0.25) is 9.20 Å². The van der Waals surface area contributed by atoms with E-state index >= 15 is 0 Å². The Labute approximate surface area is 191 Å². The molecule has 0 amide bonds. The van der Waals surface area contributed by atoms with Gasteiger partial charge in [0.25, 0.3) is 0 Å². The summed E-state index contributed by atoms with van der Waals surface area (Å²) in [6.07, 6.45) is 2.33. The molecule has 1 aromatic carbocycles. The van der Waals surface area contributed by atoms with Crippen LogP contribution >= 0.6 is 0 Å². The molecule has 3 aromatic rings. The van der Waals surface area contributed by atoms with Gasteiger partial charge in [0.2, 0.25) is 0 Å². The second kappa shape index (κ2) is 11.9. The zero-order valence-electron chi connectivity index (χ0n) is 20.3. The van der Waals surface area contributed by atoms with Crippen molar-refractivity contribution in [2.24, 2.45) is 0 Å². The molecular formula is C25H36N4O3. The summed E-state index contributed by atoms with van der Waals surface area (Å²) >= 11 is 0. The maximum Gasteiger partial charge on any atom is 0.172 e. The molecule has 174 valence electrons. The van der Waals surface area contributed by atoms with E-state index in [9.17, 15) is 4.79 Å². The molecule has 0 aliphatic carbocycles. The molecule has 0 aliphatic rings. The summed E-state index contributed by atoms with van der Waals surface area (Å²) in [5.74, 6) is 0.296. The first-order valence-corrected chi connectivity index (χ1v) is 10.9. The topological polar surface area (TPSA) is 77.8 Å². The number of ether oxygens (including phenoxy) is 2. The molecule has 0 spiro atoms. The first kappa shape index (κ1) is 25.6. The highest BCUT2D eigenvalue weighted by Gasteiger charge is 2.17. The van der Waals surface area contributed by atoms with E-state index < -0.39 is 0 Å². The van der Waals surface area contributed by atoms with E-state index in [2.05, 4.69) is 67.2 Å². The van der Waals surface area contributed by atoms with Crippen LogP contribution in [0, 0.1) is 0 Å². The Morgan fingerprint density at radius 1 is 1.22 bits per heavy atom. The molecule has 0 saturated heterocycles. The number of hydrogen-bond acceptors (Lipinski definition) is 6. The van der Waals surface area contributed by atoms with Crippen LogP contribution in [-0.2, 0) is 28.2 Å². The van der Waals surface area contributed by atoms with Crippen LogP contribution in [-0.4, -0.2) is 41.4 Å². The molecule has 1 N–H and O–H groups in total. The Hall–Kier alpha value is -2.61. The number of methoxy groups -OCH3 is 1. The van der Waals surface area contributed by atoms with Crippen molar-refractivity contribution >= 4 is 11.9 Å². The zero-order valence-corrected chi connectivity index (χ0v) is 20.3. The first-order valence-electron chi connectivity index (χ1n) is 10.9. The van der Waals surface area contributed by atoms with Gasteiger partial charge in [0.1, 0.15) is 12.0 Å². The predicted octanol–water partition coefficient (Wildman–Crippen LogP) is 4.49. The number of fused-ring (bicyclic) bond motifs is 1. The summed E-state index contributed by atoms with van der Waals surface area (Å²) in [7, 11) is 3.62. The van der Waals surface area contributed by atoms with Gasteiger partial charge in [-0.25, -0.2) is 9.97 Å². The van der Waals surface area contributed by atoms with Gasteiger partial charge in [0.15, 0.2) is 11.9 Å². The van der Waals surface area contributed by atoms with Crippen LogP contribution in [0.5, 0.6) is 0 Å². The lowest BCUT2D eigenvalue weighted by Crippen LogP contribution is -2.33. The Balaban J connectivity index is 0.000000229. The molecular weight excluding hydrogens is 404 g/mol. The van der Waals surface area contributed by atoms with Crippen LogP contribution in [0.1, 0.15) is 73.5 Å². The lowest BCUT2D eigenvalue weighted by Gasteiger charge is -2.25. The lowest BCUT2D eigenvalue weighted by molar-refractivity contribution is 0.112. The fraction of sp³-hybridized carbons (Fsp3) is 0.480. The first-order chi connectivity index (χ1) is 15.3. The van der Waals surface area contributed by atoms with E-state index in [1.165, 1.54) is 11.1 Å². The van der Waals surface area contributed by atoms with Crippen molar-refractivity contribution in [3.63, 3.8) is 0 Å². The van der Waals surface area contributed by atoms with Crippen molar-refractivity contribution in [1.82, 2.24) is 19.7 Å². The van der Waals surface area contributed by atoms with Gasteiger partial charge in [-0.2, -0.15) is 0 Å². The molecule has 32 heavy (non-hydrogen) atoms. The van der Waals surface area contributed by atoms with Crippen LogP contribution < -0.4 is 5.32 Å². The van der Waals surface area contributed by atoms with Crippen molar-refractivity contribution in [1.29, 1.82) is 0 Å². The van der Waals surface area contributed by atoms with E-state index in [4.69, 9.17) is 9.47 Å².